The smallest absolute Gasteiger partial charge is 0.0107 e. The maximum absolute atomic E-state index is 3.57. The van der Waals surface area contributed by atoms with Gasteiger partial charge in [-0.1, -0.05) is 13.8 Å². The highest BCUT2D eigenvalue weighted by Gasteiger charge is 2.11. The molecule has 0 bridgehead atoms. The summed E-state index contributed by atoms with van der Waals surface area (Å²) in [4.78, 5) is 5.23. The zero-order chi connectivity index (χ0) is 18.2. The fraction of sp³-hybridized carbons (Fsp3) is 1.00. The first-order chi connectivity index (χ1) is 12.3. The van der Waals surface area contributed by atoms with Crippen LogP contribution in [0.15, 0.2) is 0 Å². The van der Waals surface area contributed by atoms with Crippen molar-refractivity contribution in [2.75, 3.05) is 85.1 Å². The lowest BCUT2D eigenvalue weighted by atomic mass is 10.2. The largest absolute Gasteiger partial charge is 0.314 e. The summed E-state index contributed by atoms with van der Waals surface area (Å²) in [5.41, 5.74) is 0. The van der Waals surface area contributed by atoms with Crippen molar-refractivity contribution >= 4 is 0 Å². The summed E-state index contributed by atoms with van der Waals surface area (Å²) in [7, 11) is 0. The lowest BCUT2D eigenvalue weighted by Gasteiger charge is -2.29. The van der Waals surface area contributed by atoms with E-state index in [0.29, 0.717) is 6.04 Å². The van der Waals surface area contributed by atoms with Gasteiger partial charge < -0.3 is 31.1 Å². The average Bonchev–Trinajstić information content (AvgIpc) is 2.64. The Bertz CT molecular complexity index is 273. The Morgan fingerprint density at radius 2 is 1.28 bits per heavy atom. The van der Waals surface area contributed by atoms with E-state index in [2.05, 4.69) is 51.8 Å². The van der Waals surface area contributed by atoms with E-state index in [-0.39, 0.29) is 0 Å². The van der Waals surface area contributed by atoms with Crippen molar-refractivity contribution in [3.63, 3.8) is 0 Å². The van der Waals surface area contributed by atoms with Crippen LogP contribution in [0, 0.1) is 0 Å². The summed E-state index contributed by atoms with van der Waals surface area (Å²) in [5, 5.41) is 14.1. The highest BCUT2D eigenvalue weighted by molar-refractivity contribution is 4.68. The second-order valence-electron chi connectivity index (χ2n) is 7.08. The first-order valence-electron chi connectivity index (χ1n) is 10.6. The summed E-state index contributed by atoms with van der Waals surface area (Å²) < 4.78 is 0. The lowest BCUT2D eigenvalue weighted by molar-refractivity contribution is 0.191. The molecule has 0 aliphatic carbocycles. The molecule has 0 aromatic heterocycles. The number of rotatable bonds is 7. The van der Waals surface area contributed by atoms with Gasteiger partial charge in [0, 0.05) is 71.5 Å². The highest BCUT2D eigenvalue weighted by atomic mass is 15.2. The van der Waals surface area contributed by atoms with Crippen molar-refractivity contribution in [3.05, 3.63) is 0 Å². The molecule has 1 unspecified atom stereocenters. The molecule has 1 heterocycles. The Kier molecular flexibility index (Phi) is 14.6. The molecular weight excluding hydrogens is 312 g/mol. The van der Waals surface area contributed by atoms with Crippen molar-refractivity contribution in [1.82, 2.24) is 31.1 Å². The van der Waals surface area contributed by atoms with Gasteiger partial charge in [0.2, 0.25) is 0 Å². The van der Waals surface area contributed by atoms with Gasteiger partial charge in [0.1, 0.15) is 0 Å². The van der Waals surface area contributed by atoms with Crippen LogP contribution in [-0.2, 0) is 0 Å². The molecule has 1 aliphatic rings. The number of hydrogen-bond donors (Lipinski definition) is 4. The Hall–Kier alpha value is -0.240. The molecule has 25 heavy (non-hydrogen) atoms. The van der Waals surface area contributed by atoms with E-state index >= 15 is 0 Å². The fourth-order valence-corrected chi connectivity index (χ4v) is 3.29. The third kappa shape index (κ3) is 11.9. The molecular formula is C19H44N6. The SMILES string of the molecule is CCC(C)N(CC)CCCN1CCNCCNCCNCCNCC1. The Balaban J connectivity index is 2.31. The van der Waals surface area contributed by atoms with Gasteiger partial charge in [-0.2, -0.15) is 0 Å². The molecule has 4 N–H and O–H groups in total. The summed E-state index contributed by atoms with van der Waals surface area (Å²) in [6.45, 7) is 21.3. The van der Waals surface area contributed by atoms with Crippen molar-refractivity contribution < 1.29 is 0 Å². The van der Waals surface area contributed by atoms with E-state index < -0.39 is 0 Å². The van der Waals surface area contributed by atoms with Gasteiger partial charge >= 0.3 is 0 Å². The van der Waals surface area contributed by atoms with Crippen LogP contribution in [0.1, 0.15) is 33.6 Å². The summed E-state index contributed by atoms with van der Waals surface area (Å²) in [6, 6.07) is 0.705. The van der Waals surface area contributed by atoms with Gasteiger partial charge in [0.05, 0.1) is 0 Å². The molecule has 0 aromatic rings. The molecule has 1 aliphatic heterocycles. The first kappa shape index (κ1) is 22.8. The standard InChI is InChI=1S/C19H44N6/c1-4-19(3)25(5-2)16-6-15-24-17-13-22-11-9-20-7-8-21-10-12-23-14-18-24/h19-23H,4-18H2,1-3H3. The van der Waals surface area contributed by atoms with E-state index in [9.17, 15) is 0 Å². The number of hydrogen-bond acceptors (Lipinski definition) is 6. The van der Waals surface area contributed by atoms with E-state index in [1.165, 1.54) is 25.9 Å². The molecule has 1 fully saturated rings. The monoisotopic (exact) mass is 356 g/mol. The van der Waals surface area contributed by atoms with Crippen LogP contribution in [0.3, 0.4) is 0 Å². The second kappa shape index (κ2) is 16.0. The van der Waals surface area contributed by atoms with Gasteiger partial charge in [-0.3, -0.25) is 0 Å². The van der Waals surface area contributed by atoms with Crippen LogP contribution in [0.25, 0.3) is 0 Å². The van der Waals surface area contributed by atoms with Crippen LogP contribution in [0.2, 0.25) is 0 Å². The maximum atomic E-state index is 3.57. The maximum Gasteiger partial charge on any atom is 0.0107 e. The van der Waals surface area contributed by atoms with E-state index in [1.807, 2.05) is 0 Å². The van der Waals surface area contributed by atoms with Crippen LogP contribution in [0.4, 0.5) is 0 Å². The Morgan fingerprint density at radius 3 is 1.72 bits per heavy atom. The molecule has 1 atom stereocenters. The van der Waals surface area contributed by atoms with Crippen LogP contribution < -0.4 is 21.3 Å². The zero-order valence-electron chi connectivity index (χ0n) is 17.1. The van der Waals surface area contributed by atoms with Crippen molar-refractivity contribution in [1.29, 1.82) is 0 Å². The molecule has 6 heteroatoms. The van der Waals surface area contributed by atoms with E-state index in [4.69, 9.17) is 0 Å². The molecule has 1 rings (SSSR count). The molecule has 0 amide bonds. The predicted molar refractivity (Wildman–Crippen MR) is 110 cm³/mol. The summed E-state index contributed by atoms with van der Waals surface area (Å²) in [6.07, 6.45) is 2.51. The number of nitrogens with one attached hydrogen (secondary N) is 4. The molecule has 0 aromatic carbocycles. The highest BCUT2D eigenvalue weighted by Crippen LogP contribution is 2.04. The quantitative estimate of drug-likeness (QED) is 0.522. The van der Waals surface area contributed by atoms with Crippen LogP contribution >= 0.6 is 0 Å². The van der Waals surface area contributed by atoms with E-state index in [0.717, 1.165) is 72.0 Å². The average molecular weight is 357 g/mol. The minimum absolute atomic E-state index is 0.705. The molecule has 0 radical (unpaired) electrons. The Labute approximate surface area is 156 Å². The number of nitrogens with zero attached hydrogens (tertiary/aromatic N) is 2. The van der Waals surface area contributed by atoms with Gasteiger partial charge in [-0.05, 0) is 39.4 Å². The minimum atomic E-state index is 0.705. The van der Waals surface area contributed by atoms with Gasteiger partial charge in [-0.15, -0.1) is 0 Å². The Morgan fingerprint density at radius 1 is 0.800 bits per heavy atom. The summed E-state index contributed by atoms with van der Waals surface area (Å²) >= 11 is 0. The van der Waals surface area contributed by atoms with Gasteiger partial charge in [-0.25, -0.2) is 0 Å². The van der Waals surface area contributed by atoms with Crippen molar-refractivity contribution in [2.45, 2.75) is 39.7 Å². The lowest BCUT2D eigenvalue weighted by Crippen LogP contribution is -2.40. The predicted octanol–water partition coefficient (Wildman–Crippen LogP) is 0.171. The van der Waals surface area contributed by atoms with Crippen molar-refractivity contribution in [2.24, 2.45) is 0 Å². The fourth-order valence-electron chi connectivity index (χ4n) is 3.29. The van der Waals surface area contributed by atoms with Crippen LogP contribution in [-0.4, -0.2) is 101 Å². The van der Waals surface area contributed by atoms with Gasteiger partial charge in [0.25, 0.3) is 0 Å². The summed E-state index contributed by atoms with van der Waals surface area (Å²) in [5.74, 6) is 0. The van der Waals surface area contributed by atoms with Crippen LogP contribution in [0.5, 0.6) is 0 Å². The molecule has 6 nitrogen and oxygen atoms in total. The minimum Gasteiger partial charge on any atom is -0.314 e. The third-order valence-electron chi connectivity index (χ3n) is 5.19. The normalized spacial score (nSPS) is 21.6. The second-order valence-corrected chi connectivity index (χ2v) is 7.08. The van der Waals surface area contributed by atoms with Gasteiger partial charge in [0.15, 0.2) is 0 Å². The molecule has 0 spiro atoms. The molecule has 1 saturated heterocycles. The van der Waals surface area contributed by atoms with E-state index in [1.54, 1.807) is 0 Å². The third-order valence-corrected chi connectivity index (χ3v) is 5.19. The molecule has 0 saturated carbocycles. The molecule has 150 valence electrons. The zero-order valence-corrected chi connectivity index (χ0v) is 17.1. The topological polar surface area (TPSA) is 54.6 Å². The van der Waals surface area contributed by atoms with Crippen molar-refractivity contribution in [3.8, 4) is 0 Å². The first-order valence-corrected chi connectivity index (χ1v) is 10.6.